The van der Waals surface area contributed by atoms with Crippen LogP contribution in [0.3, 0.4) is 0 Å². The number of para-hydroxylation sites is 1. The lowest BCUT2D eigenvalue weighted by Gasteiger charge is -2.18. The second kappa shape index (κ2) is 5.33. The van der Waals surface area contributed by atoms with Crippen molar-refractivity contribution in [2.24, 2.45) is 5.10 Å². The Morgan fingerprint density at radius 1 is 1.10 bits per heavy atom. The highest BCUT2D eigenvalue weighted by Gasteiger charge is 2.19. The van der Waals surface area contributed by atoms with Crippen molar-refractivity contribution in [1.82, 2.24) is 10.5 Å². The summed E-state index contributed by atoms with van der Waals surface area (Å²) in [6.45, 7) is 0.353. The topological polar surface area (TPSA) is 60.7 Å². The minimum atomic E-state index is 0.216. The van der Waals surface area contributed by atoms with Crippen LogP contribution in [0.25, 0.3) is 11.1 Å². The normalized spacial score (nSPS) is 13.3. The minimum absolute atomic E-state index is 0.216. The predicted molar refractivity (Wildman–Crippen MR) is 75.4 cm³/mol. The summed E-state index contributed by atoms with van der Waals surface area (Å²) in [6.07, 6.45) is 0. The van der Waals surface area contributed by atoms with E-state index in [0.29, 0.717) is 12.4 Å². The van der Waals surface area contributed by atoms with Gasteiger partial charge < -0.3 is 4.84 Å². The largest absolute Gasteiger partial charge is 0.375 e. The average Bonchev–Trinajstić information content (AvgIpc) is 2.96. The molecule has 0 aliphatic carbocycles. The second-order valence-electron chi connectivity index (χ2n) is 4.20. The van der Waals surface area contributed by atoms with E-state index in [1.54, 1.807) is 0 Å². The van der Waals surface area contributed by atoms with E-state index in [9.17, 15) is 0 Å². The average molecular weight is 264 g/mol. The Kier molecular flexibility index (Phi) is 3.21. The van der Waals surface area contributed by atoms with Crippen molar-refractivity contribution in [2.75, 3.05) is 6.67 Å². The van der Waals surface area contributed by atoms with E-state index in [-0.39, 0.29) is 5.84 Å². The maximum absolute atomic E-state index is 8.96. The maximum Gasteiger partial charge on any atom is 0.261 e. The zero-order valence-corrected chi connectivity index (χ0v) is 10.7. The molecule has 2 aromatic rings. The van der Waals surface area contributed by atoms with Gasteiger partial charge in [-0.2, -0.15) is 10.3 Å². The molecule has 1 aliphatic rings. The molecule has 0 atom stereocenters. The maximum atomic E-state index is 8.96. The van der Waals surface area contributed by atoms with Gasteiger partial charge in [-0.1, -0.05) is 48.5 Å². The van der Waals surface area contributed by atoms with E-state index in [2.05, 4.69) is 10.5 Å². The van der Waals surface area contributed by atoms with Crippen LogP contribution in [0.15, 0.2) is 59.7 Å². The highest BCUT2D eigenvalue weighted by molar-refractivity contribution is 5.96. The summed E-state index contributed by atoms with van der Waals surface area (Å²) >= 11 is 0. The van der Waals surface area contributed by atoms with Crippen LogP contribution in [0.1, 0.15) is 0 Å². The Morgan fingerprint density at radius 2 is 1.85 bits per heavy atom. The molecule has 0 spiro atoms. The molecule has 0 bridgehead atoms. The smallest absolute Gasteiger partial charge is 0.261 e. The van der Waals surface area contributed by atoms with Gasteiger partial charge in [-0.05, 0) is 11.6 Å². The fourth-order valence-corrected chi connectivity index (χ4v) is 1.98. The summed E-state index contributed by atoms with van der Waals surface area (Å²) in [5.74, 6) is 0.901. The van der Waals surface area contributed by atoms with Crippen molar-refractivity contribution in [2.45, 2.75) is 0 Å². The number of hydrogen-bond acceptors (Lipinski definition) is 5. The molecule has 98 valence electrons. The van der Waals surface area contributed by atoms with Crippen LogP contribution in [0.2, 0.25) is 0 Å². The predicted octanol–water partition coefficient (Wildman–Crippen LogP) is 2.35. The van der Waals surface area contributed by atoms with Gasteiger partial charge in [0, 0.05) is 5.56 Å². The van der Waals surface area contributed by atoms with Crippen LogP contribution in [0, 0.1) is 11.3 Å². The molecule has 1 aliphatic heterocycles. The third-order valence-electron chi connectivity index (χ3n) is 2.92. The van der Waals surface area contributed by atoms with Gasteiger partial charge in [0.15, 0.2) is 5.75 Å². The minimum Gasteiger partial charge on any atom is -0.375 e. The van der Waals surface area contributed by atoms with Crippen molar-refractivity contribution in [1.29, 1.82) is 5.26 Å². The fourth-order valence-electron chi connectivity index (χ4n) is 1.98. The lowest BCUT2D eigenvalue weighted by atomic mass is 10.1. The Morgan fingerprint density at radius 3 is 2.65 bits per heavy atom. The quantitative estimate of drug-likeness (QED) is 0.924. The molecular weight excluding hydrogens is 252 g/mol. The molecule has 0 saturated carbocycles. The molecule has 1 N–H and O–H groups in total. The lowest BCUT2D eigenvalue weighted by molar-refractivity contribution is 0.0260. The molecule has 0 radical (unpaired) electrons. The van der Waals surface area contributed by atoms with Crippen molar-refractivity contribution >= 4 is 5.84 Å². The third kappa shape index (κ3) is 2.27. The van der Waals surface area contributed by atoms with Gasteiger partial charge in [0.1, 0.15) is 12.7 Å². The van der Waals surface area contributed by atoms with Crippen LogP contribution in [-0.4, -0.2) is 17.6 Å². The molecule has 0 saturated heterocycles. The number of nitrogens with zero attached hydrogens (tertiary/aromatic N) is 3. The zero-order chi connectivity index (χ0) is 13.8. The fraction of sp³-hybridized carbons (Fsp3) is 0.0667. The van der Waals surface area contributed by atoms with Crippen molar-refractivity contribution in [3.05, 3.63) is 54.6 Å². The summed E-state index contributed by atoms with van der Waals surface area (Å²) in [7, 11) is 0. The summed E-state index contributed by atoms with van der Waals surface area (Å²) in [4.78, 5) is 5.78. The number of hydrogen-bond donors (Lipinski definition) is 1. The molecule has 5 nitrogen and oxygen atoms in total. The number of benzene rings is 2. The first-order valence-corrected chi connectivity index (χ1v) is 6.19. The molecule has 3 rings (SSSR count). The SMILES string of the molecule is N#CC1=NNCN1Oc1ccccc1-c1ccccc1. The number of nitrogens with one attached hydrogen (secondary N) is 1. The molecule has 20 heavy (non-hydrogen) atoms. The van der Waals surface area contributed by atoms with E-state index < -0.39 is 0 Å². The van der Waals surface area contributed by atoms with E-state index in [1.165, 1.54) is 5.06 Å². The first kappa shape index (κ1) is 12.1. The Labute approximate surface area is 116 Å². The molecule has 0 amide bonds. The van der Waals surface area contributed by atoms with E-state index in [4.69, 9.17) is 10.1 Å². The standard InChI is InChI=1S/C15H12N4O/c16-10-15-18-17-11-19(15)20-14-9-5-4-8-13(14)12-6-2-1-3-7-12/h1-9,17H,11H2. The summed E-state index contributed by atoms with van der Waals surface area (Å²) in [6, 6.07) is 19.6. The number of nitriles is 1. The molecule has 2 aromatic carbocycles. The van der Waals surface area contributed by atoms with Crippen molar-refractivity contribution in [3.8, 4) is 22.9 Å². The molecule has 0 unspecified atom stereocenters. The summed E-state index contributed by atoms with van der Waals surface area (Å²) in [5.41, 5.74) is 4.75. The van der Waals surface area contributed by atoms with Gasteiger partial charge in [-0.25, -0.2) is 0 Å². The number of hydrazone groups is 1. The van der Waals surface area contributed by atoms with Gasteiger partial charge in [-0.3, -0.25) is 5.43 Å². The highest BCUT2D eigenvalue weighted by Crippen LogP contribution is 2.30. The van der Waals surface area contributed by atoms with Crippen molar-refractivity contribution < 1.29 is 4.84 Å². The third-order valence-corrected chi connectivity index (χ3v) is 2.92. The van der Waals surface area contributed by atoms with Crippen LogP contribution in [-0.2, 0) is 0 Å². The second-order valence-corrected chi connectivity index (χ2v) is 4.20. The Balaban J connectivity index is 1.92. The first-order chi connectivity index (χ1) is 9.88. The monoisotopic (exact) mass is 264 g/mol. The molecule has 5 heteroatoms. The Hall–Kier alpha value is -3.00. The molecular formula is C15H12N4O. The van der Waals surface area contributed by atoms with Crippen LogP contribution < -0.4 is 10.3 Å². The Bertz CT molecular complexity index is 676. The van der Waals surface area contributed by atoms with Crippen LogP contribution in [0.5, 0.6) is 5.75 Å². The summed E-state index contributed by atoms with van der Waals surface area (Å²) in [5, 5.41) is 14.2. The number of hydroxylamine groups is 2. The first-order valence-electron chi connectivity index (χ1n) is 6.19. The zero-order valence-electron chi connectivity index (χ0n) is 10.7. The van der Waals surface area contributed by atoms with E-state index in [1.807, 2.05) is 60.7 Å². The van der Waals surface area contributed by atoms with Crippen LogP contribution >= 0.6 is 0 Å². The molecule has 0 fully saturated rings. The van der Waals surface area contributed by atoms with Gasteiger partial charge in [0.25, 0.3) is 5.84 Å². The highest BCUT2D eigenvalue weighted by atomic mass is 16.7. The van der Waals surface area contributed by atoms with Gasteiger partial charge in [0.2, 0.25) is 0 Å². The van der Waals surface area contributed by atoms with E-state index >= 15 is 0 Å². The van der Waals surface area contributed by atoms with Gasteiger partial charge in [0.05, 0.1) is 0 Å². The van der Waals surface area contributed by atoms with Crippen molar-refractivity contribution in [3.63, 3.8) is 0 Å². The lowest BCUT2D eigenvalue weighted by Crippen LogP contribution is -2.32. The van der Waals surface area contributed by atoms with Gasteiger partial charge in [-0.15, -0.1) is 5.10 Å². The van der Waals surface area contributed by atoms with Crippen LogP contribution in [0.4, 0.5) is 0 Å². The number of rotatable bonds is 3. The summed E-state index contributed by atoms with van der Waals surface area (Å²) < 4.78 is 0. The number of amidine groups is 1. The molecule has 1 heterocycles. The van der Waals surface area contributed by atoms with Gasteiger partial charge >= 0.3 is 0 Å². The van der Waals surface area contributed by atoms with E-state index in [0.717, 1.165) is 11.1 Å². The molecule has 0 aromatic heterocycles.